The SMILES string of the molecule is CCCCCOCC(COCCCCCCCCO[C@H]1CC[C@@]2(C)C(=CC[C@H]3[C@@H]4CC[C@H]([C@H](C)CCCC(C)C)[C@@]4(C)CC[C@@H]32)C1)NC. The third-order valence-electron chi connectivity index (χ3n) is 14.2. The Kier molecular flexibility index (Phi) is 17.3. The van der Waals surface area contributed by atoms with Crippen molar-refractivity contribution in [2.45, 2.75) is 182 Å². The number of likely N-dealkylation sites (N-methyl/N-ethyl adjacent to an activating group) is 1. The van der Waals surface area contributed by atoms with E-state index < -0.39 is 0 Å². The van der Waals surface area contributed by atoms with Crippen LogP contribution in [0.25, 0.3) is 0 Å². The Morgan fingerprint density at radius 1 is 0.771 bits per heavy atom. The molecule has 48 heavy (non-hydrogen) atoms. The molecule has 280 valence electrons. The standard InChI is InChI=1S/C44H81NO3/c1-8-9-14-28-46-32-37(45-7)33-47-29-15-12-10-11-13-16-30-48-38-24-26-43(5)36(31-38)20-21-39-41-23-22-40(35(4)19-17-18-34(2)3)44(41,6)27-25-42(39)43/h20,34-35,37-42,45H,8-19,21-33H2,1-7H3/t35-,37?,38+,39+,40-,41+,42+,43+,44-/m1/s1. The van der Waals surface area contributed by atoms with Gasteiger partial charge in [-0.1, -0.05) is 111 Å². The molecule has 0 aromatic heterocycles. The molecule has 4 aliphatic carbocycles. The summed E-state index contributed by atoms with van der Waals surface area (Å²) in [6.07, 6.45) is 29.9. The number of allylic oxidation sites excluding steroid dienone is 1. The highest BCUT2D eigenvalue weighted by Crippen LogP contribution is 2.67. The van der Waals surface area contributed by atoms with Gasteiger partial charge in [0.25, 0.3) is 0 Å². The van der Waals surface area contributed by atoms with Crippen LogP contribution >= 0.6 is 0 Å². The highest BCUT2D eigenvalue weighted by molar-refractivity contribution is 5.25. The van der Waals surface area contributed by atoms with Crippen LogP contribution < -0.4 is 5.32 Å². The largest absolute Gasteiger partial charge is 0.380 e. The quantitative estimate of drug-likeness (QED) is 0.0819. The first-order chi connectivity index (χ1) is 23.2. The Morgan fingerprint density at radius 2 is 1.46 bits per heavy atom. The van der Waals surface area contributed by atoms with Crippen molar-refractivity contribution in [3.63, 3.8) is 0 Å². The fourth-order valence-corrected chi connectivity index (χ4v) is 11.2. The van der Waals surface area contributed by atoms with Gasteiger partial charge in [-0.25, -0.2) is 0 Å². The van der Waals surface area contributed by atoms with Crippen molar-refractivity contribution in [2.24, 2.45) is 46.3 Å². The summed E-state index contributed by atoms with van der Waals surface area (Å²) in [6.45, 7) is 19.2. The number of hydrogen-bond donors (Lipinski definition) is 1. The van der Waals surface area contributed by atoms with Crippen molar-refractivity contribution in [3.8, 4) is 0 Å². The third-order valence-corrected chi connectivity index (χ3v) is 14.2. The van der Waals surface area contributed by atoms with Crippen LogP contribution in [0, 0.1) is 46.3 Å². The van der Waals surface area contributed by atoms with E-state index in [-0.39, 0.29) is 0 Å². The maximum absolute atomic E-state index is 6.55. The van der Waals surface area contributed by atoms with Gasteiger partial charge in [0.15, 0.2) is 0 Å². The second kappa shape index (κ2) is 20.6. The van der Waals surface area contributed by atoms with Gasteiger partial charge in [0, 0.05) is 19.8 Å². The first-order valence-electron chi connectivity index (χ1n) is 21.4. The Bertz CT molecular complexity index is 919. The highest BCUT2D eigenvalue weighted by Gasteiger charge is 2.59. The average Bonchev–Trinajstić information content (AvgIpc) is 3.43. The van der Waals surface area contributed by atoms with Crippen molar-refractivity contribution in [1.82, 2.24) is 5.32 Å². The maximum atomic E-state index is 6.55. The third kappa shape index (κ3) is 11.0. The van der Waals surface area contributed by atoms with Crippen molar-refractivity contribution >= 4 is 0 Å². The zero-order valence-corrected chi connectivity index (χ0v) is 33.1. The summed E-state index contributed by atoms with van der Waals surface area (Å²) >= 11 is 0. The van der Waals surface area contributed by atoms with E-state index >= 15 is 0 Å². The number of rotatable bonds is 24. The van der Waals surface area contributed by atoms with Gasteiger partial charge < -0.3 is 19.5 Å². The lowest BCUT2D eigenvalue weighted by atomic mass is 9.47. The molecule has 4 aliphatic rings. The first kappa shape index (κ1) is 40.4. The minimum atomic E-state index is 0.303. The van der Waals surface area contributed by atoms with E-state index in [4.69, 9.17) is 14.2 Å². The minimum Gasteiger partial charge on any atom is -0.380 e. The topological polar surface area (TPSA) is 39.7 Å². The molecule has 3 saturated carbocycles. The Labute approximate surface area is 299 Å². The Morgan fingerprint density at radius 3 is 2.15 bits per heavy atom. The lowest BCUT2D eigenvalue weighted by Gasteiger charge is -2.58. The van der Waals surface area contributed by atoms with Crippen LogP contribution in [0.5, 0.6) is 0 Å². The predicted molar refractivity (Wildman–Crippen MR) is 204 cm³/mol. The van der Waals surface area contributed by atoms with Gasteiger partial charge in [0.1, 0.15) is 0 Å². The van der Waals surface area contributed by atoms with E-state index in [1.807, 2.05) is 7.05 Å². The van der Waals surface area contributed by atoms with Gasteiger partial charge in [0.2, 0.25) is 0 Å². The molecule has 1 unspecified atom stereocenters. The number of unbranched alkanes of at least 4 members (excludes halogenated alkanes) is 7. The van der Waals surface area contributed by atoms with Crippen LogP contribution in [0.2, 0.25) is 0 Å². The number of nitrogens with one attached hydrogen (secondary N) is 1. The number of ether oxygens (including phenoxy) is 3. The molecule has 0 radical (unpaired) electrons. The van der Waals surface area contributed by atoms with E-state index in [0.717, 1.165) is 75.0 Å². The van der Waals surface area contributed by atoms with E-state index in [1.165, 1.54) is 122 Å². The lowest BCUT2D eigenvalue weighted by molar-refractivity contribution is -0.0641. The Balaban J connectivity index is 1.08. The van der Waals surface area contributed by atoms with Crippen LogP contribution in [0.4, 0.5) is 0 Å². The van der Waals surface area contributed by atoms with E-state index in [0.29, 0.717) is 23.0 Å². The van der Waals surface area contributed by atoms with E-state index in [2.05, 4.69) is 52.9 Å². The van der Waals surface area contributed by atoms with Crippen LogP contribution in [0.3, 0.4) is 0 Å². The number of hydrogen-bond acceptors (Lipinski definition) is 4. The molecule has 0 saturated heterocycles. The normalized spacial score (nSPS) is 32.8. The van der Waals surface area contributed by atoms with Gasteiger partial charge in [-0.15, -0.1) is 0 Å². The molecule has 9 atom stereocenters. The summed E-state index contributed by atoms with van der Waals surface area (Å²) in [7, 11) is 2.01. The molecular formula is C44H81NO3. The van der Waals surface area contributed by atoms with Crippen LogP contribution in [-0.4, -0.2) is 52.2 Å². The zero-order valence-electron chi connectivity index (χ0n) is 33.1. The summed E-state index contributed by atoms with van der Waals surface area (Å²) in [4.78, 5) is 0. The van der Waals surface area contributed by atoms with Gasteiger partial charge in [-0.2, -0.15) is 0 Å². The molecule has 4 nitrogen and oxygen atoms in total. The van der Waals surface area contributed by atoms with Crippen molar-refractivity contribution in [3.05, 3.63) is 11.6 Å². The van der Waals surface area contributed by atoms with Crippen molar-refractivity contribution in [1.29, 1.82) is 0 Å². The predicted octanol–water partition coefficient (Wildman–Crippen LogP) is 11.6. The summed E-state index contributed by atoms with van der Waals surface area (Å²) in [6, 6.07) is 0.303. The molecule has 0 aromatic carbocycles. The summed E-state index contributed by atoms with van der Waals surface area (Å²) in [5.41, 5.74) is 2.81. The summed E-state index contributed by atoms with van der Waals surface area (Å²) in [5, 5.41) is 3.33. The van der Waals surface area contributed by atoms with Gasteiger partial charge in [0.05, 0.1) is 25.4 Å². The molecular weight excluding hydrogens is 590 g/mol. The second-order valence-corrected chi connectivity index (χ2v) is 18.0. The summed E-state index contributed by atoms with van der Waals surface area (Å²) < 4.78 is 18.3. The Hall–Kier alpha value is -0.420. The van der Waals surface area contributed by atoms with Crippen LogP contribution in [0.1, 0.15) is 170 Å². The van der Waals surface area contributed by atoms with Gasteiger partial charge in [-0.3, -0.25) is 0 Å². The van der Waals surface area contributed by atoms with Crippen molar-refractivity contribution in [2.75, 3.05) is 40.1 Å². The molecule has 1 N–H and O–H groups in total. The molecule has 4 heteroatoms. The minimum absolute atomic E-state index is 0.303. The van der Waals surface area contributed by atoms with Gasteiger partial charge in [-0.05, 0) is 124 Å². The summed E-state index contributed by atoms with van der Waals surface area (Å²) in [5.74, 6) is 5.51. The first-order valence-corrected chi connectivity index (χ1v) is 21.4. The molecule has 0 amide bonds. The molecule has 3 fully saturated rings. The maximum Gasteiger partial charge on any atom is 0.0642 e. The number of fused-ring (bicyclic) bond motifs is 5. The van der Waals surface area contributed by atoms with Crippen LogP contribution in [-0.2, 0) is 14.2 Å². The fourth-order valence-electron chi connectivity index (χ4n) is 11.2. The molecule has 0 aromatic rings. The smallest absolute Gasteiger partial charge is 0.0642 e. The molecule has 0 heterocycles. The highest BCUT2D eigenvalue weighted by atomic mass is 16.5. The molecule has 0 bridgehead atoms. The lowest BCUT2D eigenvalue weighted by Crippen LogP contribution is -2.51. The molecule has 0 spiro atoms. The zero-order chi connectivity index (χ0) is 34.4. The van der Waals surface area contributed by atoms with Crippen LogP contribution in [0.15, 0.2) is 11.6 Å². The van der Waals surface area contributed by atoms with Gasteiger partial charge >= 0.3 is 0 Å². The van der Waals surface area contributed by atoms with Crippen molar-refractivity contribution < 1.29 is 14.2 Å². The monoisotopic (exact) mass is 672 g/mol. The molecule has 0 aliphatic heterocycles. The van der Waals surface area contributed by atoms with E-state index in [9.17, 15) is 0 Å². The average molecular weight is 672 g/mol. The molecule has 4 rings (SSSR count). The fraction of sp³-hybridized carbons (Fsp3) is 0.955. The van der Waals surface area contributed by atoms with E-state index in [1.54, 1.807) is 5.57 Å². The second-order valence-electron chi connectivity index (χ2n) is 18.0.